The second kappa shape index (κ2) is 10.2. The molecule has 0 saturated heterocycles. The predicted octanol–water partition coefficient (Wildman–Crippen LogP) is 6.07. The number of carbonyl (C=O) groups is 2. The fraction of sp³-hybridized carbons (Fsp3) is 0.310. The Hall–Kier alpha value is -4.21. The van der Waals surface area contributed by atoms with Gasteiger partial charge in [0.2, 0.25) is 0 Å². The van der Waals surface area contributed by atoms with E-state index in [1.54, 1.807) is 25.1 Å². The topological polar surface area (TPSA) is 79.3 Å². The van der Waals surface area contributed by atoms with Crippen LogP contribution >= 0.6 is 0 Å². The van der Waals surface area contributed by atoms with E-state index in [0.717, 1.165) is 5.69 Å². The lowest BCUT2D eigenvalue weighted by Gasteiger charge is -2.30. The summed E-state index contributed by atoms with van der Waals surface area (Å²) in [4.78, 5) is 27.0. The van der Waals surface area contributed by atoms with Crippen LogP contribution in [-0.2, 0) is 9.59 Å². The number of halogens is 3. The maximum atomic E-state index is 13.9. The molecular weight excluding hydrogens is 513 g/mol. The minimum absolute atomic E-state index is 0.0121. The molecule has 0 radical (unpaired) electrons. The summed E-state index contributed by atoms with van der Waals surface area (Å²) in [5, 5.41) is 9.41. The van der Waals surface area contributed by atoms with Crippen LogP contribution in [0.1, 0.15) is 36.9 Å². The quantitative estimate of drug-likeness (QED) is 0.392. The van der Waals surface area contributed by atoms with Gasteiger partial charge in [0.05, 0.1) is 24.3 Å². The van der Waals surface area contributed by atoms with Crippen LogP contribution in [0.4, 0.5) is 30.2 Å². The van der Waals surface area contributed by atoms with E-state index < -0.39 is 35.9 Å². The van der Waals surface area contributed by atoms with Gasteiger partial charge in [0, 0.05) is 41.0 Å². The Morgan fingerprint density at radius 1 is 0.974 bits per heavy atom. The Morgan fingerprint density at radius 2 is 1.72 bits per heavy atom. The molecule has 10 heteroatoms. The predicted molar refractivity (Wildman–Crippen MR) is 139 cm³/mol. The van der Waals surface area contributed by atoms with Crippen molar-refractivity contribution in [2.45, 2.75) is 32.0 Å². The van der Waals surface area contributed by atoms with Crippen LogP contribution in [0.2, 0.25) is 0 Å². The van der Waals surface area contributed by atoms with Crippen molar-refractivity contribution in [1.29, 1.82) is 0 Å². The van der Waals surface area contributed by atoms with Gasteiger partial charge in [-0.2, -0.15) is 13.2 Å². The van der Waals surface area contributed by atoms with Gasteiger partial charge in [-0.1, -0.05) is 43.3 Å². The number of aliphatic carboxylic acids is 1. The monoisotopic (exact) mass is 540 g/mol. The SMILES string of the molecule is CCN(c1ccccc1)c1cccc2c1OC[C@H]2N(C(=O)C(F)(F)F)c1ccc2c(c1)OC[C@H]2C(C)C(=O)O. The second-order valence-electron chi connectivity index (χ2n) is 9.54. The summed E-state index contributed by atoms with van der Waals surface area (Å²) in [5.74, 6) is -3.54. The lowest BCUT2D eigenvalue weighted by atomic mass is 9.89. The fourth-order valence-corrected chi connectivity index (χ4v) is 5.27. The van der Waals surface area contributed by atoms with E-state index in [9.17, 15) is 27.9 Å². The number of carboxylic acids is 1. The zero-order valence-electron chi connectivity index (χ0n) is 21.3. The first-order valence-corrected chi connectivity index (χ1v) is 12.6. The number of rotatable bonds is 7. The molecule has 5 rings (SSSR count). The van der Waals surface area contributed by atoms with Crippen LogP contribution in [-0.4, -0.2) is 42.9 Å². The third-order valence-corrected chi connectivity index (χ3v) is 7.30. The van der Waals surface area contributed by atoms with Crippen LogP contribution in [0.25, 0.3) is 0 Å². The molecule has 0 aliphatic carbocycles. The summed E-state index contributed by atoms with van der Waals surface area (Å²) in [5.41, 5.74) is 2.61. The molecule has 39 heavy (non-hydrogen) atoms. The van der Waals surface area contributed by atoms with Gasteiger partial charge >= 0.3 is 18.1 Å². The lowest BCUT2D eigenvalue weighted by Crippen LogP contribution is -2.44. The summed E-state index contributed by atoms with van der Waals surface area (Å²) < 4.78 is 53.3. The van der Waals surface area contributed by atoms with Crippen LogP contribution in [0, 0.1) is 5.92 Å². The normalized spacial score (nSPS) is 18.4. The minimum atomic E-state index is -5.14. The van der Waals surface area contributed by atoms with Crippen molar-refractivity contribution in [1.82, 2.24) is 0 Å². The van der Waals surface area contributed by atoms with Gasteiger partial charge in [-0.15, -0.1) is 0 Å². The minimum Gasteiger partial charge on any atom is -0.493 e. The van der Waals surface area contributed by atoms with E-state index in [1.807, 2.05) is 48.2 Å². The van der Waals surface area contributed by atoms with Crippen molar-refractivity contribution in [3.05, 3.63) is 77.9 Å². The van der Waals surface area contributed by atoms with Gasteiger partial charge in [-0.05, 0) is 31.2 Å². The van der Waals surface area contributed by atoms with E-state index in [1.165, 1.54) is 12.1 Å². The van der Waals surface area contributed by atoms with Gasteiger partial charge < -0.3 is 19.5 Å². The number of hydrogen-bond donors (Lipinski definition) is 1. The van der Waals surface area contributed by atoms with Gasteiger partial charge in [0.25, 0.3) is 0 Å². The molecule has 1 unspecified atom stereocenters. The van der Waals surface area contributed by atoms with E-state index in [4.69, 9.17) is 9.47 Å². The first-order valence-electron chi connectivity index (χ1n) is 12.6. The number of fused-ring (bicyclic) bond motifs is 2. The number of nitrogens with zero attached hydrogens (tertiary/aromatic N) is 2. The highest BCUT2D eigenvalue weighted by Gasteiger charge is 2.48. The maximum Gasteiger partial charge on any atom is 0.471 e. The largest absolute Gasteiger partial charge is 0.493 e. The molecule has 0 aromatic heterocycles. The number of carboxylic acid groups (broad SMARTS) is 1. The fourth-order valence-electron chi connectivity index (χ4n) is 5.27. The van der Waals surface area contributed by atoms with Gasteiger partial charge in [0.15, 0.2) is 0 Å². The molecule has 0 saturated carbocycles. The highest BCUT2D eigenvalue weighted by Crippen LogP contribution is 2.48. The van der Waals surface area contributed by atoms with Crippen LogP contribution in [0.3, 0.4) is 0 Å². The molecule has 3 atom stereocenters. The van der Waals surface area contributed by atoms with Crippen molar-refractivity contribution >= 4 is 28.9 Å². The molecule has 7 nitrogen and oxygen atoms in total. The zero-order chi connectivity index (χ0) is 27.9. The van der Waals surface area contributed by atoms with Crippen molar-refractivity contribution < 1.29 is 37.3 Å². The lowest BCUT2D eigenvalue weighted by molar-refractivity contribution is -0.171. The number of carbonyl (C=O) groups excluding carboxylic acids is 1. The molecule has 2 aliphatic heterocycles. The second-order valence-corrected chi connectivity index (χ2v) is 9.54. The van der Waals surface area contributed by atoms with Crippen LogP contribution in [0.15, 0.2) is 66.7 Å². The maximum absolute atomic E-state index is 13.9. The highest BCUT2D eigenvalue weighted by molar-refractivity contribution is 5.98. The molecule has 0 bridgehead atoms. The van der Waals surface area contributed by atoms with E-state index in [0.29, 0.717) is 34.0 Å². The molecule has 0 spiro atoms. The first-order chi connectivity index (χ1) is 18.6. The van der Waals surface area contributed by atoms with E-state index in [2.05, 4.69) is 0 Å². The number of anilines is 3. The summed E-state index contributed by atoms with van der Waals surface area (Å²) in [6.07, 6.45) is -5.14. The molecule has 204 valence electrons. The molecule has 3 aromatic rings. The van der Waals surface area contributed by atoms with E-state index in [-0.39, 0.29) is 24.7 Å². The Balaban J connectivity index is 1.56. The first kappa shape index (κ1) is 26.4. The van der Waals surface area contributed by atoms with E-state index >= 15 is 0 Å². The standard InChI is InChI=1S/C29H27F3N2O5/c1-3-33(18-8-5-4-6-9-18)23-11-7-10-21-24(16-39-26(21)23)34(28(37)29(30,31)32)19-12-13-20-22(17(2)27(35)36)15-38-25(20)14-19/h4-14,17,22,24H,3,15-16H2,1-2H3,(H,35,36)/t17?,22-,24+/m0/s1. The van der Waals surface area contributed by atoms with Crippen LogP contribution in [0.5, 0.6) is 11.5 Å². The van der Waals surface area contributed by atoms with Gasteiger partial charge in [-0.3, -0.25) is 14.5 Å². The Labute approximate surface area is 223 Å². The number of ether oxygens (including phenoxy) is 2. The third kappa shape index (κ3) is 4.75. The van der Waals surface area contributed by atoms with Crippen molar-refractivity contribution in [3.8, 4) is 11.5 Å². The Bertz CT molecular complexity index is 1400. The molecule has 2 heterocycles. The average Bonchev–Trinajstić information content (AvgIpc) is 3.54. The zero-order valence-corrected chi connectivity index (χ0v) is 21.3. The average molecular weight is 541 g/mol. The summed E-state index contributed by atoms with van der Waals surface area (Å²) in [7, 11) is 0. The Kier molecular flexibility index (Phi) is 6.88. The van der Waals surface area contributed by atoms with Crippen LogP contribution < -0.4 is 19.3 Å². The molecule has 3 aromatic carbocycles. The molecular formula is C29H27F3N2O5. The highest BCUT2D eigenvalue weighted by atomic mass is 19.4. The summed E-state index contributed by atoms with van der Waals surface area (Å²) in [6, 6.07) is 18.1. The molecule has 2 aliphatic rings. The van der Waals surface area contributed by atoms with Crippen molar-refractivity contribution in [2.75, 3.05) is 29.6 Å². The van der Waals surface area contributed by atoms with Crippen molar-refractivity contribution in [2.24, 2.45) is 5.92 Å². The molecule has 0 fully saturated rings. The Morgan fingerprint density at radius 3 is 2.38 bits per heavy atom. The smallest absolute Gasteiger partial charge is 0.471 e. The summed E-state index contributed by atoms with van der Waals surface area (Å²) >= 11 is 0. The number of para-hydroxylation sites is 2. The number of benzene rings is 3. The number of hydrogen-bond acceptors (Lipinski definition) is 5. The molecule has 1 amide bonds. The van der Waals surface area contributed by atoms with Gasteiger partial charge in [0.1, 0.15) is 18.1 Å². The molecule has 1 N–H and O–H groups in total. The summed E-state index contributed by atoms with van der Waals surface area (Å²) in [6.45, 7) is 4.01. The number of alkyl halides is 3. The third-order valence-electron chi connectivity index (χ3n) is 7.30. The van der Waals surface area contributed by atoms with Gasteiger partial charge in [-0.25, -0.2) is 0 Å². The van der Waals surface area contributed by atoms with Crippen molar-refractivity contribution in [3.63, 3.8) is 0 Å². The number of amides is 1.